The van der Waals surface area contributed by atoms with E-state index in [9.17, 15) is 31.2 Å². The molecule has 0 aromatic heterocycles. The van der Waals surface area contributed by atoms with E-state index in [1.54, 1.807) is 6.92 Å². The van der Waals surface area contributed by atoms with Crippen LogP contribution in [0.15, 0.2) is 47.4 Å². The molecule has 0 saturated heterocycles. The lowest BCUT2D eigenvalue weighted by molar-refractivity contribution is -0.145. The van der Waals surface area contributed by atoms with Crippen molar-refractivity contribution in [2.24, 2.45) is 0 Å². The van der Waals surface area contributed by atoms with Gasteiger partial charge in [-0.2, -0.15) is 17.5 Å². The molecule has 1 aliphatic heterocycles. The molecule has 1 aliphatic rings. The van der Waals surface area contributed by atoms with Crippen LogP contribution in [-0.2, 0) is 25.7 Å². The molecule has 8 nitrogen and oxygen atoms in total. The van der Waals surface area contributed by atoms with Crippen LogP contribution in [0.4, 0.5) is 29.3 Å². The lowest BCUT2D eigenvalue weighted by atomic mass is 10.2. The number of ether oxygens (including phenoxy) is 2. The Morgan fingerprint density at radius 3 is 2.32 bits per heavy atom. The Morgan fingerprint density at radius 1 is 1.10 bits per heavy atom. The Bertz CT molecular complexity index is 1120. The van der Waals surface area contributed by atoms with Gasteiger partial charge in [-0.1, -0.05) is 0 Å². The number of esters is 1. The number of benzene rings is 2. The Labute approximate surface area is 175 Å². The van der Waals surface area contributed by atoms with Gasteiger partial charge in [0.1, 0.15) is 10.6 Å². The van der Waals surface area contributed by atoms with Crippen molar-refractivity contribution in [3.8, 4) is 5.75 Å². The molecular weight excluding hydrogens is 441 g/mol. The predicted molar refractivity (Wildman–Crippen MR) is 103 cm³/mol. The van der Waals surface area contributed by atoms with E-state index in [2.05, 4.69) is 0 Å². The second-order valence-electron chi connectivity index (χ2n) is 6.38. The average Bonchev–Trinajstić information content (AvgIpc) is 2.70. The summed E-state index contributed by atoms with van der Waals surface area (Å²) in [7, 11) is -3.10. The Kier molecular flexibility index (Phi) is 5.85. The minimum Gasteiger partial charge on any atom is -0.482 e. The maximum atomic E-state index is 13.0. The highest BCUT2D eigenvalue weighted by Gasteiger charge is 2.41. The number of hydrogen-bond acceptors (Lipinski definition) is 6. The lowest BCUT2D eigenvalue weighted by Crippen LogP contribution is -2.49. The molecule has 0 bridgehead atoms. The molecule has 2 amide bonds. The Morgan fingerprint density at radius 2 is 1.74 bits per heavy atom. The summed E-state index contributed by atoms with van der Waals surface area (Å²) in [6.45, 7) is 1.39. The molecule has 2 aromatic rings. The number of anilines is 2. The molecule has 12 heteroatoms. The molecule has 0 spiro atoms. The molecule has 166 valence electrons. The molecular formula is C19H17F3N2O6S. The zero-order chi connectivity index (χ0) is 23.0. The van der Waals surface area contributed by atoms with E-state index in [1.807, 2.05) is 0 Å². The van der Waals surface area contributed by atoms with Gasteiger partial charge in [-0.05, 0) is 43.3 Å². The fraction of sp³-hybridized carbons (Fsp3) is 0.263. The number of carbonyl (C=O) groups excluding carboxylic acids is 2. The van der Waals surface area contributed by atoms with Crippen molar-refractivity contribution in [3.63, 3.8) is 0 Å². The smallest absolute Gasteiger partial charge is 0.416 e. The van der Waals surface area contributed by atoms with Gasteiger partial charge in [0.05, 0.1) is 23.5 Å². The van der Waals surface area contributed by atoms with Crippen LogP contribution in [0.5, 0.6) is 5.75 Å². The summed E-state index contributed by atoms with van der Waals surface area (Å²) in [6, 6.07) is 5.97. The summed E-state index contributed by atoms with van der Waals surface area (Å²) in [5.74, 6) is -0.490. The molecule has 3 rings (SSSR count). The molecule has 0 atom stereocenters. The third-order valence-corrected chi connectivity index (χ3v) is 6.11. The number of carbonyl (C=O) groups is 2. The summed E-state index contributed by atoms with van der Waals surface area (Å²) in [6.07, 6.45) is -4.60. The first-order valence-corrected chi connectivity index (χ1v) is 10.3. The summed E-state index contributed by atoms with van der Waals surface area (Å²) < 4.78 is 74.9. The van der Waals surface area contributed by atoms with Gasteiger partial charge < -0.3 is 9.47 Å². The van der Waals surface area contributed by atoms with Crippen LogP contribution in [0, 0.1) is 0 Å². The fourth-order valence-electron chi connectivity index (χ4n) is 2.89. The number of rotatable bonds is 5. The standard InChI is InChI=1S/C19H17F3N2O6S/c1-3-29-17(25)11-30-14-8-9-16-15(10-14)23(2)18(26)24(31(16,27)28)13-6-4-12(5-7-13)19(20,21)22/h4-10H,3,11H2,1-2H3. The fourth-order valence-corrected chi connectivity index (χ4v) is 4.51. The van der Waals surface area contributed by atoms with Crippen LogP contribution in [0.25, 0.3) is 0 Å². The van der Waals surface area contributed by atoms with E-state index in [4.69, 9.17) is 9.47 Å². The quantitative estimate of drug-likeness (QED) is 0.638. The number of sulfonamides is 1. The predicted octanol–water partition coefficient (Wildman–Crippen LogP) is 3.41. The second kappa shape index (κ2) is 8.10. The van der Waals surface area contributed by atoms with Gasteiger partial charge >= 0.3 is 18.2 Å². The minimum absolute atomic E-state index is 0.00507. The first kappa shape index (κ1) is 22.4. The summed E-state index contributed by atoms with van der Waals surface area (Å²) in [5, 5.41) is 0. The van der Waals surface area contributed by atoms with Gasteiger partial charge in [-0.15, -0.1) is 0 Å². The van der Waals surface area contributed by atoms with Gasteiger partial charge in [-0.3, -0.25) is 4.90 Å². The van der Waals surface area contributed by atoms with Crippen molar-refractivity contribution in [3.05, 3.63) is 48.0 Å². The molecule has 0 aliphatic carbocycles. The van der Waals surface area contributed by atoms with Gasteiger partial charge in [0, 0.05) is 13.1 Å². The molecule has 31 heavy (non-hydrogen) atoms. The minimum atomic E-state index is -4.60. The number of urea groups is 1. The van der Waals surface area contributed by atoms with Gasteiger partial charge in [0.15, 0.2) is 6.61 Å². The van der Waals surface area contributed by atoms with E-state index in [0.717, 1.165) is 17.0 Å². The van der Waals surface area contributed by atoms with Crippen LogP contribution in [0.1, 0.15) is 12.5 Å². The Hall–Kier alpha value is -3.28. The average molecular weight is 458 g/mol. The largest absolute Gasteiger partial charge is 0.482 e. The molecule has 0 saturated carbocycles. The highest BCUT2D eigenvalue weighted by molar-refractivity contribution is 7.94. The van der Waals surface area contributed by atoms with Crippen molar-refractivity contribution in [1.29, 1.82) is 0 Å². The number of nitrogens with zero attached hydrogens (tertiary/aromatic N) is 2. The zero-order valence-corrected chi connectivity index (χ0v) is 17.2. The van der Waals surface area contributed by atoms with E-state index >= 15 is 0 Å². The van der Waals surface area contributed by atoms with E-state index < -0.39 is 40.4 Å². The van der Waals surface area contributed by atoms with Crippen molar-refractivity contribution < 1.29 is 40.7 Å². The first-order chi connectivity index (χ1) is 14.5. The summed E-state index contributed by atoms with van der Waals surface area (Å²) in [5.41, 5.74) is -1.22. The molecule has 0 radical (unpaired) electrons. The van der Waals surface area contributed by atoms with E-state index in [0.29, 0.717) is 16.4 Å². The van der Waals surface area contributed by atoms with Gasteiger partial charge in [-0.25, -0.2) is 18.0 Å². The Balaban J connectivity index is 1.95. The molecule has 0 fully saturated rings. The maximum absolute atomic E-state index is 13.0. The lowest BCUT2D eigenvalue weighted by Gasteiger charge is -2.34. The first-order valence-electron chi connectivity index (χ1n) is 8.89. The zero-order valence-electron chi connectivity index (χ0n) is 16.3. The maximum Gasteiger partial charge on any atom is 0.416 e. The second-order valence-corrected chi connectivity index (χ2v) is 8.13. The van der Waals surface area contributed by atoms with Crippen LogP contribution < -0.4 is 13.9 Å². The van der Waals surface area contributed by atoms with Crippen molar-refractivity contribution >= 4 is 33.4 Å². The third kappa shape index (κ3) is 4.29. The highest BCUT2D eigenvalue weighted by atomic mass is 32.2. The summed E-state index contributed by atoms with van der Waals surface area (Å²) in [4.78, 5) is 25.0. The van der Waals surface area contributed by atoms with Crippen molar-refractivity contribution in [2.45, 2.75) is 18.0 Å². The van der Waals surface area contributed by atoms with Crippen LogP contribution in [0.2, 0.25) is 0 Å². The van der Waals surface area contributed by atoms with Crippen LogP contribution in [0.3, 0.4) is 0 Å². The van der Waals surface area contributed by atoms with E-state index in [1.165, 1.54) is 25.2 Å². The topological polar surface area (TPSA) is 93.2 Å². The van der Waals surface area contributed by atoms with Crippen molar-refractivity contribution in [2.75, 3.05) is 29.5 Å². The third-order valence-electron chi connectivity index (χ3n) is 4.36. The number of fused-ring (bicyclic) bond motifs is 1. The number of alkyl halides is 3. The SMILES string of the molecule is CCOC(=O)COc1ccc2c(c1)N(C)C(=O)N(c1ccc(C(F)(F)F)cc1)S2(=O)=O. The number of hydrogen-bond donors (Lipinski definition) is 0. The van der Waals surface area contributed by atoms with Crippen LogP contribution in [-0.4, -0.2) is 40.7 Å². The van der Waals surface area contributed by atoms with Gasteiger partial charge in [0.25, 0.3) is 10.0 Å². The van der Waals surface area contributed by atoms with Gasteiger partial charge in [0.2, 0.25) is 0 Å². The number of amides is 2. The van der Waals surface area contributed by atoms with Crippen LogP contribution >= 0.6 is 0 Å². The molecule has 1 heterocycles. The van der Waals surface area contributed by atoms with Crippen molar-refractivity contribution in [1.82, 2.24) is 0 Å². The normalized spacial score (nSPS) is 15.5. The number of halogens is 3. The van der Waals surface area contributed by atoms with E-state index in [-0.39, 0.29) is 28.6 Å². The molecule has 0 N–H and O–H groups in total. The summed E-state index contributed by atoms with van der Waals surface area (Å²) >= 11 is 0. The molecule has 0 unspecified atom stereocenters. The highest BCUT2D eigenvalue weighted by Crippen LogP contribution is 2.39. The monoisotopic (exact) mass is 458 g/mol. The molecule has 2 aromatic carbocycles.